The summed E-state index contributed by atoms with van der Waals surface area (Å²) in [6, 6.07) is 0. The predicted molar refractivity (Wildman–Crippen MR) is 40.1 cm³/mol. The number of hydrogen-bond acceptors (Lipinski definition) is 3. The van der Waals surface area contributed by atoms with Gasteiger partial charge in [0.2, 0.25) is 0 Å². The Kier molecular flexibility index (Phi) is 2.49. The van der Waals surface area contributed by atoms with E-state index in [4.69, 9.17) is 9.47 Å². The lowest BCUT2D eigenvalue weighted by Gasteiger charge is -1.98. The van der Waals surface area contributed by atoms with Gasteiger partial charge in [0, 0.05) is 6.92 Å². The number of epoxide rings is 1. The molecule has 1 saturated heterocycles. The van der Waals surface area contributed by atoms with E-state index in [2.05, 4.69) is 13.8 Å². The maximum absolute atomic E-state index is 10.4. The summed E-state index contributed by atoms with van der Waals surface area (Å²) in [5.74, 6) is 0.290. The zero-order chi connectivity index (χ0) is 8.43. The average molecular weight is 158 g/mol. The van der Waals surface area contributed by atoms with Gasteiger partial charge in [-0.15, -0.1) is 0 Å². The molecule has 64 valence electrons. The molecule has 0 amide bonds. The Labute approximate surface area is 66.7 Å². The molecule has 2 unspecified atom stereocenters. The van der Waals surface area contributed by atoms with Gasteiger partial charge in [-0.25, -0.2) is 0 Å². The normalized spacial score (nSPS) is 28.7. The summed E-state index contributed by atoms with van der Waals surface area (Å²) < 4.78 is 10.0. The second-order valence-corrected chi connectivity index (χ2v) is 3.19. The third-order valence-electron chi connectivity index (χ3n) is 1.73. The third-order valence-corrected chi connectivity index (χ3v) is 1.73. The molecule has 2 atom stereocenters. The summed E-state index contributed by atoms with van der Waals surface area (Å²) in [5.41, 5.74) is 0. The van der Waals surface area contributed by atoms with E-state index in [9.17, 15) is 4.79 Å². The fraction of sp³-hybridized carbons (Fsp3) is 0.875. The average Bonchev–Trinajstić information content (AvgIpc) is 2.61. The van der Waals surface area contributed by atoms with Crippen molar-refractivity contribution in [3.63, 3.8) is 0 Å². The van der Waals surface area contributed by atoms with Gasteiger partial charge in [-0.2, -0.15) is 0 Å². The number of esters is 1. The van der Waals surface area contributed by atoms with Crippen molar-refractivity contribution in [1.29, 1.82) is 0 Å². The standard InChI is InChI=1S/C8H14O3/c1-5(2)8-7(11-8)4-10-6(3)9/h5,7-8H,4H2,1-3H3. The molecule has 0 spiro atoms. The minimum Gasteiger partial charge on any atom is -0.463 e. The van der Waals surface area contributed by atoms with Crippen molar-refractivity contribution >= 4 is 5.97 Å². The first-order chi connectivity index (χ1) is 5.11. The first kappa shape index (κ1) is 8.53. The topological polar surface area (TPSA) is 38.8 Å². The van der Waals surface area contributed by atoms with Gasteiger partial charge in [-0.05, 0) is 5.92 Å². The summed E-state index contributed by atoms with van der Waals surface area (Å²) >= 11 is 0. The predicted octanol–water partition coefficient (Wildman–Crippen LogP) is 0.973. The van der Waals surface area contributed by atoms with Crippen LogP contribution in [0.2, 0.25) is 0 Å². The van der Waals surface area contributed by atoms with Crippen LogP contribution in [0.4, 0.5) is 0 Å². The molecule has 0 aromatic rings. The van der Waals surface area contributed by atoms with Crippen LogP contribution >= 0.6 is 0 Å². The Hall–Kier alpha value is -0.570. The number of ether oxygens (including phenoxy) is 2. The summed E-state index contributed by atoms with van der Waals surface area (Å²) in [6.07, 6.45) is 0.452. The minimum atomic E-state index is -0.233. The van der Waals surface area contributed by atoms with Gasteiger partial charge in [0.25, 0.3) is 0 Å². The molecule has 1 aliphatic rings. The van der Waals surface area contributed by atoms with Gasteiger partial charge in [0.15, 0.2) is 0 Å². The van der Waals surface area contributed by atoms with Crippen LogP contribution in [0.1, 0.15) is 20.8 Å². The van der Waals surface area contributed by atoms with Gasteiger partial charge in [0.05, 0.1) is 6.10 Å². The molecule has 1 rings (SSSR count). The van der Waals surface area contributed by atoms with E-state index in [0.717, 1.165) is 0 Å². The van der Waals surface area contributed by atoms with E-state index in [1.807, 2.05) is 0 Å². The van der Waals surface area contributed by atoms with E-state index in [1.165, 1.54) is 6.92 Å². The fourth-order valence-electron chi connectivity index (χ4n) is 1.08. The number of carbonyl (C=O) groups excluding carboxylic acids is 1. The molecule has 1 heterocycles. The van der Waals surface area contributed by atoms with Gasteiger partial charge >= 0.3 is 5.97 Å². The van der Waals surface area contributed by atoms with Crippen molar-refractivity contribution in [2.24, 2.45) is 5.92 Å². The van der Waals surface area contributed by atoms with Crippen molar-refractivity contribution in [3.05, 3.63) is 0 Å². The highest BCUT2D eigenvalue weighted by Gasteiger charge is 2.41. The summed E-state index contributed by atoms with van der Waals surface area (Å²) in [6.45, 7) is 6.02. The van der Waals surface area contributed by atoms with Crippen LogP contribution in [0.5, 0.6) is 0 Å². The molecule has 1 aliphatic heterocycles. The van der Waals surface area contributed by atoms with Crippen molar-refractivity contribution in [1.82, 2.24) is 0 Å². The molecule has 0 aromatic carbocycles. The molecule has 3 nitrogen and oxygen atoms in total. The number of hydrogen-bond donors (Lipinski definition) is 0. The molecule has 0 N–H and O–H groups in total. The Bertz CT molecular complexity index is 153. The lowest BCUT2D eigenvalue weighted by molar-refractivity contribution is -0.141. The molecule has 11 heavy (non-hydrogen) atoms. The maximum atomic E-state index is 10.4. The highest BCUT2D eigenvalue weighted by molar-refractivity contribution is 5.65. The van der Waals surface area contributed by atoms with Crippen molar-refractivity contribution < 1.29 is 14.3 Å². The minimum absolute atomic E-state index is 0.152. The van der Waals surface area contributed by atoms with Crippen LogP contribution in [0.3, 0.4) is 0 Å². The van der Waals surface area contributed by atoms with Gasteiger partial charge in [-0.3, -0.25) is 4.79 Å². The van der Waals surface area contributed by atoms with E-state index in [-0.39, 0.29) is 12.1 Å². The summed E-state index contributed by atoms with van der Waals surface area (Å²) in [5, 5.41) is 0. The number of rotatable bonds is 3. The van der Waals surface area contributed by atoms with Crippen LogP contribution in [-0.2, 0) is 14.3 Å². The van der Waals surface area contributed by atoms with E-state index < -0.39 is 0 Å². The summed E-state index contributed by atoms with van der Waals surface area (Å²) in [4.78, 5) is 10.4. The zero-order valence-electron chi connectivity index (χ0n) is 7.16. The maximum Gasteiger partial charge on any atom is 0.302 e. The Balaban J connectivity index is 2.09. The third kappa shape index (κ3) is 2.50. The van der Waals surface area contributed by atoms with Crippen LogP contribution in [0.15, 0.2) is 0 Å². The van der Waals surface area contributed by atoms with Crippen LogP contribution < -0.4 is 0 Å². The fourth-order valence-corrected chi connectivity index (χ4v) is 1.08. The zero-order valence-corrected chi connectivity index (χ0v) is 7.16. The first-order valence-corrected chi connectivity index (χ1v) is 3.90. The smallest absolute Gasteiger partial charge is 0.302 e. The molecule has 0 aromatic heterocycles. The number of carbonyl (C=O) groups is 1. The Morgan fingerprint density at radius 2 is 2.27 bits per heavy atom. The van der Waals surface area contributed by atoms with Crippen LogP contribution in [0.25, 0.3) is 0 Å². The van der Waals surface area contributed by atoms with Crippen molar-refractivity contribution in [3.8, 4) is 0 Å². The largest absolute Gasteiger partial charge is 0.463 e. The highest BCUT2D eigenvalue weighted by atomic mass is 16.6. The van der Waals surface area contributed by atoms with Gasteiger partial charge in [0.1, 0.15) is 12.7 Å². The molecular formula is C8H14O3. The molecule has 0 bridgehead atoms. The molecule has 0 saturated carbocycles. The molecular weight excluding hydrogens is 144 g/mol. The Morgan fingerprint density at radius 1 is 1.64 bits per heavy atom. The lowest BCUT2D eigenvalue weighted by atomic mass is 10.1. The van der Waals surface area contributed by atoms with E-state index in [0.29, 0.717) is 18.6 Å². The molecule has 0 aliphatic carbocycles. The highest BCUT2D eigenvalue weighted by Crippen LogP contribution is 2.28. The first-order valence-electron chi connectivity index (χ1n) is 3.90. The second-order valence-electron chi connectivity index (χ2n) is 3.19. The monoisotopic (exact) mass is 158 g/mol. The van der Waals surface area contributed by atoms with Gasteiger partial charge < -0.3 is 9.47 Å². The van der Waals surface area contributed by atoms with Crippen molar-refractivity contribution in [2.75, 3.05) is 6.61 Å². The Morgan fingerprint density at radius 3 is 2.64 bits per heavy atom. The molecule has 0 radical (unpaired) electrons. The SMILES string of the molecule is CC(=O)OCC1OC1C(C)C. The van der Waals surface area contributed by atoms with Crippen LogP contribution in [0, 0.1) is 5.92 Å². The van der Waals surface area contributed by atoms with Crippen LogP contribution in [-0.4, -0.2) is 24.8 Å². The quantitative estimate of drug-likeness (QED) is 0.454. The van der Waals surface area contributed by atoms with Crippen molar-refractivity contribution in [2.45, 2.75) is 33.0 Å². The lowest BCUT2D eigenvalue weighted by Crippen LogP contribution is -2.10. The molecule has 3 heteroatoms. The van der Waals surface area contributed by atoms with E-state index >= 15 is 0 Å². The second kappa shape index (κ2) is 3.22. The van der Waals surface area contributed by atoms with E-state index in [1.54, 1.807) is 0 Å². The summed E-state index contributed by atoms with van der Waals surface area (Å²) in [7, 11) is 0. The molecule has 1 fully saturated rings. The van der Waals surface area contributed by atoms with Gasteiger partial charge in [-0.1, -0.05) is 13.8 Å².